The Bertz CT molecular complexity index is 645. The summed E-state index contributed by atoms with van der Waals surface area (Å²) < 4.78 is 5.11. The summed E-state index contributed by atoms with van der Waals surface area (Å²) in [5.74, 6) is 0.866. The molecule has 1 atom stereocenters. The predicted molar refractivity (Wildman–Crippen MR) is 95.4 cm³/mol. The Labute approximate surface area is 145 Å². The van der Waals surface area contributed by atoms with Crippen molar-refractivity contribution in [3.05, 3.63) is 47.6 Å². The molecule has 0 fully saturated rings. The first kappa shape index (κ1) is 17.6. The number of carbonyl (C=O) groups excluding carboxylic acids is 1. The van der Waals surface area contributed by atoms with Crippen molar-refractivity contribution in [1.29, 1.82) is 0 Å². The lowest BCUT2D eigenvalue weighted by Gasteiger charge is -2.19. The average Bonchev–Trinajstić information content (AvgIpc) is 2.54. The second-order valence-corrected chi connectivity index (χ2v) is 6.91. The van der Waals surface area contributed by atoms with Crippen LogP contribution < -0.4 is 10.1 Å². The molecule has 1 heterocycles. The summed E-state index contributed by atoms with van der Waals surface area (Å²) in [4.78, 5) is 16.8. The third-order valence-electron chi connectivity index (χ3n) is 3.17. The van der Waals surface area contributed by atoms with Crippen molar-refractivity contribution in [2.75, 3.05) is 12.4 Å². The van der Waals surface area contributed by atoms with Crippen LogP contribution in [0.2, 0.25) is 5.02 Å². The van der Waals surface area contributed by atoms with Crippen LogP contribution >= 0.6 is 23.4 Å². The Morgan fingerprint density at radius 3 is 2.43 bits per heavy atom. The molecule has 1 N–H and O–H groups in total. The fraction of sp³-hybridized carbons (Fsp3) is 0.294. The smallest absolute Gasteiger partial charge is 0.238 e. The van der Waals surface area contributed by atoms with Gasteiger partial charge in [0.1, 0.15) is 5.75 Å². The fourth-order valence-corrected chi connectivity index (χ4v) is 3.01. The maximum absolute atomic E-state index is 12.6. The zero-order valence-electron chi connectivity index (χ0n) is 13.2. The molecular formula is C17H19ClN2O2S. The molecule has 0 aliphatic carbocycles. The molecule has 122 valence electrons. The SMILES string of the molecule is COc1ccc(NC(=O)C(Sc2ccc(Cl)cn2)C(C)C)cc1. The Hall–Kier alpha value is -1.72. The molecule has 0 aliphatic rings. The lowest BCUT2D eigenvalue weighted by Crippen LogP contribution is -2.29. The topological polar surface area (TPSA) is 51.2 Å². The number of aromatic nitrogens is 1. The molecule has 0 spiro atoms. The van der Waals surface area contributed by atoms with Gasteiger partial charge in [-0.15, -0.1) is 0 Å². The van der Waals surface area contributed by atoms with Crippen LogP contribution in [0, 0.1) is 5.92 Å². The van der Waals surface area contributed by atoms with Crippen LogP contribution in [0.1, 0.15) is 13.8 Å². The summed E-state index contributed by atoms with van der Waals surface area (Å²) in [6.07, 6.45) is 1.59. The molecule has 1 aromatic heterocycles. The molecule has 0 saturated carbocycles. The molecule has 0 radical (unpaired) electrons. The summed E-state index contributed by atoms with van der Waals surface area (Å²) in [6.45, 7) is 4.03. The van der Waals surface area contributed by atoms with E-state index in [-0.39, 0.29) is 17.1 Å². The maximum atomic E-state index is 12.6. The van der Waals surface area contributed by atoms with Gasteiger partial charge in [-0.05, 0) is 42.3 Å². The molecule has 1 aromatic carbocycles. The van der Waals surface area contributed by atoms with Gasteiger partial charge in [0.15, 0.2) is 0 Å². The predicted octanol–water partition coefficient (Wildman–Crippen LogP) is 4.50. The number of pyridine rings is 1. The number of amides is 1. The van der Waals surface area contributed by atoms with Crippen molar-refractivity contribution >= 4 is 35.0 Å². The van der Waals surface area contributed by atoms with E-state index in [1.165, 1.54) is 11.8 Å². The standard InChI is InChI=1S/C17H19ClN2O2S/c1-11(2)16(23-15-9-4-12(18)10-19-15)17(21)20-13-5-7-14(22-3)8-6-13/h4-11,16H,1-3H3,(H,20,21). The van der Waals surface area contributed by atoms with E-state index in [9.17, 15) is 4.79 Å². The number of anilines is 1. The van der Waals surface area contributed by atoms with Gasteiger partial charge in [0.2, 0.25) is 5.91 Å². The molecule has 1 amide bonds. The lowest BCUT2D eigenvalue weighted by atomic mass is 10.1. The molecule has 0 bridgehead atoms. The highest BCUT2D eigenvalue weighted by molar-refractivity contribution is 8.00. The molecular weight excluding hydrogens is 332 g/mol. The third-order valence-corrected chi connectivity index (χ3v) is 4.89. The quantitative estimate of drug-likeness (QED) is 0.779. The van der Waals surface area contributed by atoms with Gasteiger partial charge in [0, 0.05) is 11.9 Å². The molecule has 6 heteroatoms. The highest BCUT2D eigenvalue weighted by Gasteiger charge is 2.24. The van der Waals surface area contributed by atoms with Gasteiger partial charge in [-0.25, -0.2) is 4.98 Å². The minimum atomic E-state index is -0.245. The maximum Gasteiger partial charge on any atom is 0.238 e. The molecule has 2 aromatic rings. The summed E-state index contributed by atoms with van der Waals surface area (Å²) in [5.41, 5.74) is 0.742. The molecule has 0 aliphatic heterocycles. The number of nitrogens with zero attached hydrogens (tertiary/aromatic N) is 1. The number of thioether (sulfide) groups is 1. The van der Waals surface area contributed by atoms with Crippen LogP contribution in [0.4, 0.5) is 5.69 Å². The van der Waals surface area contributed by atoms with E-state index in [0.29, 0.717) is 5.02 Å². The Kier molecular flexibility index (Phi) is 6.30. The number of carbonyl (C=O) groups is 1. The molecule has 1 unspecified atom stereocenters. The number of ether oxygens (including phenoxy) is 1. The Morgan fingerprint density at radius 1 is 1.22 bits per heavy atom. The van der Waals surface area contributed by atoms with Gasteiger partial charge < -0.3 is 10.1 Å². The van der Waals surface area contributed by atoms with E-state index < -0.39 is 0 Å². The number of nitrogens with one attached hydrogen (secondary N) is 1. The van der Waals surface area contributed by atoms with Crippen molar-refractivity contribution < 1.29 is 9.53 Å². The minimum absolute atomic E-state index is 0.0492. The second kappa shape index (κ2) is 8.22. The fourth-order valence-electron chi connectivity index (χ4n) is 1.94. The summed E-state index contributed by atoms with van der Waals surface area (Å²) in [7, 11) is 1.61. The van der Waals surface area contributed by atoms with E-state index in [2.05, 4.69) is 10.3 Å². The zero-order valence-corrected chi connectivity index (χ0v) is 14.8. The molecule has 4 nitrogen and oxygen atoms in total. The van der Waals surface area contributed by atoms with Crippen molar-refractivity contribution in [3.8, 4) is 5.75 Å². The number of benzene rings is 1. The number of hydrogen-bond acceptors (Lipinski definition) is 4. The summed E-state index contributed by atoms with van der Waals surface area (Å²) >= 11 is 7.28. The average molecular weight is 351 g/mol. The highest BCUT2D eigenvalue weighted by Crippen LogP contribution is 2.28. The lowest BCUT2D eigenvalue weighted by molar-refractivity contribution is -0.116. The highest BCUT2D eigenvalue weighted by atomic mass is 35.5. The largest absolute Gasteiger partial charge is 0.497 e. The first-order valence-electron chi connectivity index (χ1n) is 7.22. The van der Waals surface area contributed by atoms with Crippen molar-refractivity contribution in [2.45, 2.75) is 24.1 Å². The first-order valence-corrected chi connectivity index (χ1v) is 8.48. The van der Waals surface area contributed by atoms with E-state index in [1.807, 2.05) is 44.2 Å². The van der Waals surface area contributed by atoms with Gasteiger partial charge in [0.25, 0.3) is 0 Å². The number of hydrogen-bond donors (Lipinski definition) is 1. The molecule has 0 saturated heterocycles. The summed E-state index contributed by atoms with van der Waals surface area (Å²) in [5, 5.41) is 4.05. The van der Waals surface area contributed by atoms with Gasteiger partial charge in [-0.1, -0.05) is 37.2 Å². The number of halogens is 1. The van der Waals surface area contributed by atoms with Gasteiger partial charge in [0.05, 0.1) is 22.4 Å². The molecule has 23 heavy (non-hydrogen) atoms. The van der Waals surface area contributed by atoms with Crippen LogP contribution in [0.25, 0.3) is 0 Å². The first-order chi connectivity index (χ1) is 11.0. The van der Waals surface area contributed by atoms with Crippen LogP contribution in [-0.2, 0) is 4.79 Å². The van der Waals surface area contributed by atoms with Crippen LogP contribution in [0.15, 0.2) is 47.6 Å². The number of rotatable bonds is 6. The van der Waals surface area contributed by atoms with E-state index in [0.717, 1.165) is 16.5 Å². The molecule has 2 rings (SSSR count). The Balaban J connectivity index is 2.06. The number of methoxy groups -OCH3 is 1. The van der Waals surface area contributed by atoms with Crippen LogP contribution in [0.5, 0.6) is 5.75 Å². The van der Waals surface area contributed by atoms with Gasteiger partial charge in [-0.3, -0.25) is 4.79 Å². The van der Waals surface area contributed by atoms with Crippen LogP contribution in [-0.4, -0.2) is 23.3 Å². The normalized spacial score (nSPS) is 12.0. The van der Waals surface area contributed by atoms with Crippen LogP contribution in [0.3, 0.4) is 0 Å². The third kappa shape index (κ3) is 5.15. The van der Waals surface area contributed by atoms with Gasteiger partial charge >= 0.3 is 0 Å². The van der Waals surface area contributed by atoms with Crippen molar-refractivity contribution in [2.24, 2.45) is 5.92 Å². The minimum Gasteiger partial charge on any atom is -0.497 e. The van der Waals surface area contributed by atoms with E-state index >= 15 is 0 Å². The van der Waals surface area contributed by atoms with Crippen molar-refractivity contribution in [1.82, 2.24) is 4.98 Å². The monoisotopic (exact) mass is 350 g/mol. The van der Waals surface area contributed by atoms with Crippen molar-refractivity contribution in [3.63, 3.8) is 0 Å². The van der Waals surface area contributed by atoms with E-state index in [4.69, 9.17) is 16.3 Å². The summed E-state index contributed by atoms with van der Waals surface area (Å²) in [6, 6.07) is 10.9. The second-order valence-electron chi connectivity index (χ2n) is 5.31. The van der Waals surface area contributed by atoms with E-state index in [1.54, 1.807) is 19.4 Å². The van der Waals surface area contributed by atoms with Gasteiger partial charge in [-0.2, -0.15) is 0 Å². The zero-order chi connectivity index (χ0) is 16.8. The Morgan fingerprint density at radius 2 is 1.91 bits per heavy atom.